The molecule has 0 spiro atoms. The van der Waals surface area contributed by atoms with Gasteiger partial charge in [0.15, 0.2) is 11.5 Å². The lowest BCUT2D eigenvalue weighted by molar-refractivity contribution is 0.0453. The third-order valence-corrected chi connectivity index (χ3v) is 4.25. The summed E-state index contributed by atoms with van der Waals surface area (Å²) in [6, 6.07) is 8.75. The molecule has 0 saturated heterocycles. The fraction of sp³-hybridized carbons (Fsp3) is 0.0526. The Morgan fingerprint density at radius 1 is 0.692 bits per heavy atom. The fourth-order valence-corrected chi connectivity index (χ4v) is 2.96. The maximum Gasteiger partial charge on any atom is 0.270 e. The van der Waals surface area contributed by atoms with Crippen LogP contribution in [0.4, 0.5) is 17.6 Å². The number of hydrogen-bond donors (Lipinski definition) is 0. The lowest BCUT2D eigenvalue weighted by Crippen LogP contribution is -2.10. The van der Waals surface area contributed by atoms with Crippen LogP contribution in [0, 0.1) is 23.3 Å². The first kappa shape index (κ1) is 16.7. The smallest absolute Gasteiger partial charge is 0.270 e. The van der Waals surface area contributed by atoms with Crippen LogP contribution in [0.15, 0.2) is 48.5 Å². The summed E-state index contributed by atoms with van der Waals surface area (Å²) in [5.41, 5.74) is 0.154. The molecule has 1 unspecified atom stereocenters. The zero-order valence-corrected chi connectivity index (χ0v) is 13.7. The molecular formula is C19H9ClF4O2. The van der Waals surface area contributed by atoms with E-state index in [1.807, 2.05) is 0 Å². The summed E-state index contributed by atoms with van der Waals surface area (Å²) in [4.78, 5) is 0. The van der Waals surface area contributed by atoms with Crippen molar-refractivity contribution in [2.24, 2.45) is 0 Å². The van der Waals surface area contributed by atoms with E-state index in [1.54, 1.807) is 0 Å². The molecule has 2 nitrogen and oxygen atoms in total. The molecule has 0 aromatic heterocycles. The van der Waals surface area contributed by atoms with Crippen molar-refractivity contribution in [2.45, 2.75) is 6.29 Å². The van der Waals surface area contributed by atoms with Crippen molar-refractivity contribution in [3.63, 3.8) is 0 Å². The number of halogens is 5. The van der Waals surface area contributed by atoms with Crippen molar-refractivity contribution < 1.29 is 27.0 Å². The molecule has 3 aromatic rings. The Hall–Kier alpha value is -2.73. The van der Waals surface area contributed by atoms with Gasteiger partial charge >= 0.3 is 0 Å². The lowest BCUT2D eigenvalue weighted by Gasteiger charge is -2.11. The second kappa shape index (κ2) is 6.21. The maximum atomic E-state index is 14.0. The molecule has 1 aliphatic heterocycles. The predicted molar refractivity (Wildman–Crippen MR) is 87.2 cm³/mol. The first-order valence-electron chi connectivity index (χ1n) is 7.49. The van der Waals surface area contributed by atoms with Gasteiger partial charge in [0.25, 0.3) is 6.29 Å². The topological polar surface area (TPSA) is 18.5 Å². The van der Waals surface area contributed by atoms with Gasteiger partial charge in [0.05, 0.1) is 10.6 Å². The van der Waals surface area contributed by atoms with E-state index in [-0.39, 0.29) is 33.2 Å². The number of benzene rings is 3. The van der Waals surface area contributed by atoms with E-state index in [0.29, 0.717) is 6.07 Å². The SMILES string of the molecule is Fc1ccc(C2Oc3cc(Cl)c(-c4cc(F)ccc4F)cc3O2)c(F)c1. The molecule has 3 aromatic carbocycles. The number of hydrogen-bond acceptors (Lipinski definition) is 2. The van der Waals surface area contributed by atoms with Crippen LogP contribution in [0.3, 0.4) is 0 Å². The quantitative estimate of drug-likeness (QED) is 0.505. The monoisotopic (exact) mass is 380 g/mol. The summed E-state index contributed by atoms with van der Waals surface area (Å²) < 4.78 is 65.5. The Morgan fingerprint density at radius 2 is 1.35 bits per heavy atom. The molecule has 26 heavy (non-hydrogen) atoms. The Bertz CT molecular complexity index is 1020. The van der Waals surface area contributed by atoms with Crippen LogP contribution in [0.25, 0.3) is 11.1 Å². The third-order valence-electron chi connectivity index (χ3n) is 3.94. The highest BCUT2D eigenvalue weighted by Gasteiger charge is 2.30. The van der Waals surface area contributed by atoms with Crippen LogP contribution < -0.4 is 9.47 Å². The van der Waals surface area contributed by atoms with Crippen LogP contribution in [0.5, 0.6) is 11.5 Å². The summed E-state index contributed by atoms with van der Waals surface area (Å²) >= 11 is 6.16. The second-order valence-corrected chi connectivity index (χ2v) is 6.04. The van der Waals surface area contributed by atoms with E-state index in [1.165, 1.54) is 18.2 Å². The molecule has 132 valence electrons. The minimum absolute atomic E-state index is 0.00258. The fourth-order valence-electron chi connectivity index (χ4n) is 2.70. The zero-order valence-electron chi connectivity index (χ0n) is 12.9. The lowest BCUT2D eigenvalue weighted by atomic mass is 10.0. The van der Waals surface area contributed by atoms with Crippen molar-refractivity contribution in [3.8, 4) is 22.6 Å². The van der Waals surface area contributed by atoms with E-state index >= 15 is 0 Å². The van der Waals surface area contributed by atoms with E-state index < -0.39 is 29.6 Å². The van der Waals surface area contributed by atoms with Crippen LogP contribution >= 0.6 is 11.6 Å². The molecule has 0 amide bonds. The summed E-state index contributed by atoms with van der Waals surface area (Å²) in [5, 5.41) is 0.108. The molecule has 4 rings (SSSR count). The molecule has 1 atom stereocenters. The first-order chi connectivity index (χ1) is 12.4. The Labute approximate surface area is 150 Å². The summed E-state index contributed by atoms with van der Waals surface area (Å²) in [7, 11) is 0. The van der Waals surface area contributed by atoms with Gasteiger partial charge in [0, 0.05) is 23.3 Å². The molecule has 0 radical (unpaired) electrons. The molecule has 0 bridgehead atoms. The number of rotatable bonds is 2. The number of ether oxygens (including phenoxy) is 2. The average molecular weight is 381 g/mol. The van der Waals surface area contributed by atoms with Gasteiger partial charge in [0.1, 0.15) is 23.3 Å². The standard InChI is InChI=1S/C19H9ClF4O2/c20-14-8-18-17(7-12(14)13-5-9(21)2-4-15(13)23)25-19(26-18)11-3-1-10(22)6-16(11)24/h1-8,19H. The normalized spacial score (nSPS) is 15.3. The van der Waals surface area contributed by atoms with Crippen LogP contribution in [-0.4, -0.2) is 0 Å². The van der Waals surface area contributed by atoms with Gasteiger partial charge in [-0.15, -0.1) is 0 Å². The largest absolute Gasteiger partial charge is 0.447 e. The average Bonchev–Trinajstić information content (AvgIpc) is 2.98. The van der Waals surface area contributed by atoms with Gasteiger partial charge < -0.3 is 9.47 Å². The van der Waals surface area contributed by atoms with Crippen molar-refractivity contribution in [1.82, 2.24) is 0 Å². The molecule has 0 N–H and O–H groups in total. The van der Waals surface area contributed by atoms with Gasteiger partial charge in [-0.1, -0.05) is 11.6 Å². The molecular weight excluding hydrogens is 372 g/mol. The maximum absolute atomic E-state index is 14.0. The Morgan fingerprint density at radius 3 is 2.08 bits per heavy atom. The van der Waals surface area contributed by atoms with Crippen LogP contribution in [0.2, 0.25) is 5.02 Å². The van der Waals surface area contributed by atoms with Crippen molar-refractivity contribution >= 4 is 11.6 Å². The zero-order chi connectivity index (χ0) is 18.4. The van der Waals surface area contributed by atoms with E-state index in [0.717, 1.165) is 24.3 Å². The molecule has 1 heterocycles. The minimum atomic E-state index is -1.14. The highest BCUT2D eigenvalue weighted by molar-refractivity contribution is 6.33. The van der Waals surface area contributed by atoms with E-state index in [9.17, 15) is 17.6 Å². The summed E-state index contributed by atoms with van der Waals surface area (Å²) in [5.74, 6) is -2.44. The number of fused-ring (bicyclic) bond motifs is 1. The minimum Gasteiger partial charge on any atom is -0.447 e. The molecule has 0 saturated carbocycles. The van der Waals surface area contributed by atoms with Gasteiger partial charge in [-0.2, -0.15) is 0 Å². The van der Waals surface area contributed by atoms with E-state index in [4.69, 9.17) is 21.1 Å². The summed E-state index contributed by atoms with van der Waals surface area (Å²) in [6.07, 6.45) is -1.14. The van der Waals surface area contributed by atoms with Crippen LogP contribution in [-0.2, 0) is 0 Å². The van der Waals surface area contributed by atoms with Gasteiger partial charge in [0.2, 0.25) is 0 Å². The van der Waals surface area contributed by atoms with Gasteiger partial charge in [-0.05, 0) is 36.4 Å². The summed E-state index contributed by atoms with van der Waals surface area (Å²) in [6.45, 7) is 0. The van der Waals surface area contributed by atoms with Gasteiger partial charge in [-0.25, -0.2) is 17.6 Å². The Balaban J connectivity index is 1.73. The predicted octanol–water partition coefficient (Wildman–Crippen LogP) is 6.03. The molecule has 0 fully saturated rings. The van der Waals surface area contributed by atoms with Crippen molar-refractivity contribution in [1.29, 1.82) is 0 Å². The van der Waals surface area contributed by atoms with Gasteiger partial charge in [-0.3, -0.25) is 0 Å². The van der Waals surface area contributed by atoms with E-state index in [2.05, 4.69) is 0 Å². The molecule has 1 aliphatic rings. The van der Waals surface area contributed by atoms with Crippen molar-refractivity contribution in [3.05, 3.63) is 82.4 Å². The highest BCUT2D eigenvalue weighted by atomic mass is 35.5. The second-order valence-electron chi connectivity index (χ2n) is 5.64. The molecule has 7 heteroatoms. The highest BCUT2D eigenvalue weighted by Crippen LogP contribution is 2.46. The van der Waals surface area contributed by atoms with Crippen molar-refractivity contribution in [2.75, 3.05) is 0 Å². The molecule has 0 aliphatic carbocycles. The van der Waals surface area contributed by atoms with Crippen LogP contribution in [0.1, 0.15) is 11.9 Å². The third kappa shape index (κ3) is 2.86. The first-order valence-corrected chi connectivity index (χ1v) is 7.87. The Kier molecular flexibility index (Phi) is 4.00.